The zero-order valence-corrected chi connectivity index (χ0v) is 28.8. The zero-order chi connectivity index (χ0) is 28.3. The van der Waals surface area contributed by atoms with Crippen molar-refractivity contribution >= 4 is 12.4 Å². The maximum Gasteiger partial charge on any atom is 0.309 e. The minimum absolute atomic E-state index is 0. The molecule has 1 radical (unpaired) electrons. The van der Waals surface area contributed by atoms with E-state index in [4.69, 9.17) is 0 Å². The van der Waals surface area contributed by atoms with Gasteiger partial charge in [-0.1, -0.05) is 53.7 Å². The van der Waals surface area contributed by atoms with E-state index in [1.807, 2.05) is 13.3 Å². The van der Waals surface area contributed by atoms with Gasteiger partial charge in [-0.3, -0.25) is 4.79 Å². The number of amides is 1. The molecule has 4 unspecified atom stereocenters. The van der Waals surface area contributed by atoms with Crippen molar-refractivity contribution in [1.82, 2.24) is 5.32 Å². The average Bonchev–Trinajstić information content (AvgIpc) is 3.23. The number of carboxylic acid groups (broad SMARTS) is 1. The number of hydrogen-bond acceptors (Lipinski definition) is 2. The summed E-state index contributed by atoms with van der Waals surface area (Å²) >= 11 is 0. The second-order valence-corrected chi connectivity index (χ2v) is 15.3. The maximum absolute atomic E-state index is 12.8. The summed E-state index contributed by atoms with van der Waals surface area (Å²) in [5, 5.41) is 13.6. The van der Waals surface area contributed by atoms with Crippen LogP contribution in [0.5, 0.6) is 0 Å². The van der Waals surface area contributed by atoms with Gasteiger partial charge in [0.1, 0.15) is 0 Å². The standard InChI is InChI=1S/C31H48NO3.C3H7.Y/c1-19(2)20-10-15-31(26(34)35)17-16-29(6)21(25(20)31)8-9-23-28(5)13-12-24(32-18-33)27(3,4)22(28)11-14-30(23,29)7;1-3-2;/h20-25H,1,8-17H2,2-7H3,(H,32,33)(H,34,35);1,3H2,2H3;/q2*-1;/t20-,21?,22?,23?,24-,25?,28-,29+,30+,31-;;/m0../s1. The SMILES string of the molecule is C=C(C)[C@@H]1CC[C@]2(C(=O)O)CC[C@]3(C)C(CCC4[C@@]5(C)CC[C@H](N[C-]=O)C(C)(C)C5CC[C@]43C)C12.[CH2-]CC.[Y]. The summed E-state index contributed by atoms with van der Waals surface area (Å²) < 4.78 is 0. The Kier molecular flexibility index (Phi) is 9.78. The van der Waals surface area contributed by atoms with Gasteiger partial charge in [-0.15, -0.1) is 0 Å². The van der Waals surface area contributed by atoms with E-state index in [0.717, 1.165) is 44.9 Å². The molecule has 0 saturated heterocycles. The summed E-state index contributed by atoms with van der Waals surface area (Å²) in [6.07, 6.45) is 13.7. The Bertz CT molecular complexity index is 949. The third-order valence-electron chi connectivity index (χ3n) is 13.8. The minimum Gasteiger partial charge on any atom is -0.527 e. The summed E-state index contributed by atoms with van der Waals surface area (Å²) in [6.45, 7) is 24.5. The molecule has 39 heavy (non-hydrogen) atoms. The first kappa shape index (κ1) is 33.3. The Morgan fingerprint density at radius 3 is 2.15 bits per heavy atom. The average molecular weight is 615 g/mol. The summed E-state index contributed by atoms with van der Waals surface area (Å²) in [6, 6.07) is 0.204. The van der Waals surface area contributed by atoms with E-state index < -0.39 is 11.4 Å². The van der Waals surface area contributed by atoms with Crippen molar-refractivity contribution in [2.75, 3.05) is 0 Å². The predicted molar refractivity (Wildman–Crippen MR) is 155 cm³/mol. The molecule has 5 saturated carbocycles. The van der Waals surface area contributed by atoms with Gasteiger partial charge in [-0.2, -0.15) is 12.8 Å². The van der Waals surface area contributed by atoms with Crippen molar-refractivity contribution in [2.45, 2.75) is 125 Å². The van der Waals surface area contributed by atoms with Gasteiger partial charge in [-0.05, 0) is 122 Å². The quantitative estimate of drug-likeness (QED) is 0.192. The van der Waals surface area contributed by atoms with E-state index in [2.05, 4.69) is 60.4 Å². The maximum atomic E-state index is 12.8. The fraction of sp³-hybridized carbons (Fsp3) is 0.853. The second kappa shape index (κ2) is 11.5. The molecule has 0 aromatic heterocycles. The molecule has 1 amide bonds. The summed E-state index contributed by atoms with van der Waals surface area (Å²) in [5.41, 5.74) is 1.36. The monoisotopic (exact) mass is 614 g/mol. The van der Waals surface area contributed by atoms with Crippen LogP contribution in [0.25, 0.3) is 0 Å². The third kappa shape index (κ3) is 4.67. The van der Waals surface area contributed by atoms with Crippen molar-refractivity contribution in [3.8, 4) is 0 Å². The molecule has 5 fully saturated rings. The van der Waals surface area contributed by atoms with Gasteiger partial charge >= 0.3 is 5.97 Å². The molecule has 10 atom stereocenters. The molecule has 0 bridgehead atoms. The summed E-state index contributed by atoms with van der Waals surface area (Å²) in [7, 11) is 0. The van der Waals surface area contributed by atoms with Crippen LogP contribution in [0.3, 0.4) is 0 Å². The molecular formula is C34H55NO3Y-2. The molecule has 0 spiro atoms. The Balaban J connectivity index is 0.00000101. The molecule has 4 nitrogen and oxygen atoms in total. The fourth-order valence-corrected chi connectivity index (χ4v) is 11.8. The first-order valence-corrected chi connectivity index (χ1v) is 15.5. The number of rotatable bonds is 4. The number of carbonyl (C=O) groups excluding carboxylic acids is 1. The molecule has 0 heterocycles. The van der Waals surface area contributed by atoms with Crippen LogP contribution < -0.4 is 5.32 Å². The molecule has 0 aromatic carbocycles. The topological polar surface area (TPSA) is 66.4 Å². The number of hydrogen-bond donors (Lipinski definition) is 2. The number of fused-ring (bicyclic) bond motifs is 7. The third-order valence-corrected chi connectivity index (χ3v) is 13.8. The van der Waals surface area contributed by atoms with E-state index >= 15 is 0 Å². The number of aliphatic carboxylic acids is 1. The van der Waals surface area contributed by atoms with Crippen molar-refractivity contribution in [1.29, 1.82) is 0 Å². The van der Waals surface area contributed by atoms with Crippen LogP contribution in [0.4, 0.5) is 0 Å². The van der Waals surface area contributed by atoms with Crippen molar-refractivity contribution < 1.29 is 47.4 Å². The first-order valence-electron chi connectivity index (χ1n) is 15.5. The summed E-state index contributed by atoms with van der Waals surface area (Å²) in [4.78, 5) is 24.0. The fourth-order valence-electron chi connectivity index (χ4n) is 11.8. The first-order chi connectivity index (χ1) is 17.7. The van der Waals surface area contributed by atoms with Gasteiger partial charge in [-0.25, -0.2) is 0 Å². The smallest absolute Gasteiger partial charge is 0.309 e. The van der Waals surface area contributed by atoms with Crippen LogP contribution in [-0.4, -0.2) is 23.5 Å². The van der Waals surface area contributed by atoms with Gasteiger partial charge in [0.25, 0.3) is 0 Å². The molecule has 5 aliphatic rings. The van der Waals surface area contributed by atoms with E-state index in [1.54, 1.807) is 0 Å². The van der Waals surface area contributed by atoms with Gasteiger partial charge in [0.05, 0.1) is 5.41 Å². The largest absolute Gasteiger partial charge is 0.527 e. The molecule has 5 rings (SSSR count). The van der Waals surface area contributed by atoms with Crippen LogP contribution in [0, 0.1) is 63.6 Å². The van der Waals surface area contributed by atoms with Crippen molar-refractivity contribution in [2.24, 2.45) is 56.7 Å². The number of carboxylic acids is 1. The Labute approximate surface area is 264 Å². The number of carbonyl (C=O) groups is 1. The Morgan fingerprint density at radius 2 is 1.59 bits per heavy atom. The van der Waals surface area contributed by atoms with Crippen molar-refractivity contribution in [3.05, 3.63) is 19.1 Å². The van der Waals surface area contributed by atoms with Crippen LogP contribution in [0.2, 0.25) is 0 Å². The van der Waals surface area contributed by atoms with Gasteiger partial charge in [0.2, 0.25) is 0 Å². The molecule has 0 aromatic rings. The Morgan fingerprint density at radius 1 is 0.949 bits per heavy atom. The number of nitrogens with one attached hydrogen (secondary N) is 1. The minimum atomic E-state index is -0.546. The Hall–Kier alpha value is -0.216. The van der Waals surface area contributed by atoms with Crippen LogP contribution >= 0.6 is 0 Å². The molecule has 0 aliphatic heterocycles. The molecule has 219 valence electrons. The zero-order valence-electron chi connectivity index (χ0n) is 26.0. The molecular weight excluding hydrogens is 559 g/mol. The van der Waals surface area contributed by atoms with Crippen LogP contribution in [0.15, 0.2) is 12.2 Å². The number of allylic oxidation sites excluding steroid dienone is 1. The van der Waals surface area contributed by atoms with Crippen LogP contribution in [0.1, 0.15) is 119 Å². The van der Waals surface area contributed by atoms with Gasteiger partial charge in [0, 0.05) is 38.8 Å². The van der Waals surface area contributed by atoms with E-state index in [0.29, 0.717) is 23.7 Å². The van der Waals surface area contributed by atoms with Crippen LogP contribution in [-0.2, 0) is 42.3 Å². The normalized spacial score (nSPS) is 47.4. The summed E-state index contributed by atoms with van der Waals surface area (Å²) in [5.74, 6) is 1.74. The molecule has 5 aliphatic carbocycles. The van der Waals surface area contributed by atoms with Gasteiger partial charge in [0.15, 0.2) is 0 Å². The molecule has 2 N–H and O–H groups in total. The predicted octanol–water partition coefficient (Wildman–Crippen LogP) is 7.98. The van der Waals surface area contributed by atoms with E-state index in [-0.39, 0.29) is 66.3 Å². The van der Waals surface area contributed by atoms with E-state index in [9.17, 15) is 14.7 Å². The van der Waals surface area contributed by atoms with E-state index in [1.165, 1.54) is 31.3 Å². The van der Waals surface area contributed by atoms with Crippen molar-refractivity contribution in [3.63, 3.8) is 0 Å². The second-order valence-electron chi connectivity index (χ2n) is 15.3. The molecule has 5 heteroatoms. The van der Waals surface area contributed by atoms with Gasteiger partial charge < -0.3 is 22.1 Å².